The summed E-state index contributed by atoms with van der Waals surface area (Å²) in [6, 6.07) is 4.75. The van der Waals surface area contributed by atoms with Crippen LogP contribution in [0.3, 0.4) is 0 Å². The molecule has 2 fully saturated rings. The minimum absolute atomic E-state index is 0.126. The molecule has 180 valence electrons. The van der Waals surface area contributed by atoms with Crippen LogP contribution in [-0.4, -0.2) is 67.4 Å². The Bertz CT molecular complexity index is 1050. The SMILES string of the molecule is CCOC(=O)/C=C1\SCC(=O)N1CC(=O)Nc1ccc(C)c(S(=O)(=O)N2CCCCCC2)c1. The molecule has 9 nitrogen and oxygen atoms in total. The van der Waals surface area contributed by atoms with Gasteiger partial charge in [-0.3, -0.25) is 14.5 Å². The van der Waals surface area contributed by atoms with Gasteiger partial charge >= 0.3 is 5.97 Å². The van der Waals surface area contributed by atoms with Crippen LogP contribution in [0, 0.1) is 6.92 Å². The third-order valence-electron chi connectivity index (χ3n) is 5.40. The Morgan fingerprint density at radius 3 is 2.55 bits per heavy atom. The lowest BCUT2D eigenvalue weighted by Gasteiger charge is -2.22. The highest BCUT2D eigenvalue weighted by atomic mass is 32.2. The third kappa shape index (κ3) is 6.36. The van der Waals surface area contributed by atoms with Crippen molar-refractivity contribution in [2.24, 2.45) is 0 Å². The van der Waals surface area contributed by atoms with Gasteiger partial charge in [-0.1, -0.05) is 30.7 Å². The highest BCUT2D eigenvalue weighted by Crippen LogP contribution is 2.29. The highest BCUT2D eigenvalue weighted by Gasteiger charge is 2.30. The Labute approximate surface area is 198 Å². The maximum absolute atomic E-state index is 13.2. The summed E-state index contributed by atoms with van der Waals surface area (Å²) in [5.74, 6) is -1.25. The minimum atomic E-state index is -3.68. The number of hydrogen-bond donors (Lipinski definition) is 1. The van der Waals surface area contributed by atoms with Crippen molar-refractivity contribution in [3.63, 3.8) is 0 Å². The lowest BCUT2D eigenvalue weighted by molar-refractivity contribution is -0.137. The van der Waals surface area contributed by atoms with Gasteiger partial charge in [-0.2, -0.15) is 4.31 Å². The molecule has 0 aliphatic carbocycles. The number of thioether (sulfide) groups is 1. The van der Waals surface area contributed by atoms with Crippen LogP contribution in [-0.2, 0) is 29.1 Å². The van der Waals surface area contributed by atoms with Crippen molar-refractivity contribution in [3.05, 3.63) is 34.9 Å². The van der Waals surface area contributed by atoms with Crippen LogP contribution in [0.25, 0.3) is 0 Å². The molecule has 11 heteroatoms. The molecule has 2 amide bonds. The molecule has 1 N–H and O–H groups in total. The Balaban J connectivity index is 1.74. The maximum Gasteiger partial charge on any atom is 0.333 e. The molecule has 2 saturated heterocycles. The van der Waals surface area contributed by atoms with E-state index in [-0.39, 0.29) is 29.7 Å². The molecule has 0 saturated carbocycles. The molecule has 0 bridgehead atoms. The van der Waals surface area contributed by atoms with E-state index in [1.165, 1.54) is 21.3 Å². The fourth-order valence-electron chi connectivity index (χ4n) is 3.71. The maximum atomic E-state index is 13.2. The molecule has 0 atom stereocenters. The first-order chi connectivity index (χ1) is 15.7. The zero-order valence-corrected chi connectivity index (χ0v) is 20.5. The van der Waals surface area contributed by atoms with E-state index in [9.17, 15) is 22.8 Å². The van der Waals surface area contributed by atoms with Gasteiger partial charge in [0.25, 0.3) is 0 Å². The first-order valence-electron chi connectivity index (χ1n) is 10.9. The topological polar surface area (TPSA) is 113 Å². The molecule has 2 aliphatic heterocycles. The number of carbonyl (C=O) groups excluding carboxylic acids is 3. The number of anilines is 1. The molecule has 3 rings (SSSR count). The average molecular weight is 496 g/mol. The van der Waals surface area contributed by atoms with E-state index in [4.69, 9.17) is 4.74 Å². The predicted octanol–water partition coefficient (Wildman–Crippen LogP) is 2.48. The van der Waals surface area contributed by atoms with E-state index < -0.39 is 21.9 Å². The van der Waals surface area contributed by atoms with Gasteiger partial charge < -0.3 is 10.1 Å². The van der Waals surface area contributed by atoms with Crippen molar-refractivity contribution in [1.82, 2.24) is 9.21 Å². The second-order valence-corrected chi connectivity index (χ2v) is 10.8. The summed E-state index contributed by atoms with van der Waals surface area (Å²) in [5, 5.41) is 3.02. The van der Waals surface area contributed by atoms with Crippen molar-refractivity contribution in [2.75, 3.05) is 37.3 Å². The summed E-state index contributed by atoms with van der Waals surface area (Å²) in [7, 11) is -3.68. The Morgan fingerprint density at radius 1 is 1.18 bits per heavy atom. The normalized spacial score (nSPS) is 18.9. The van der Waals surface area contributed by atoms with Crippen LogP contribution >= 0.6 is 11.8 Å². The van der Waals surface area contributed by atoms with E-state index in [1.807, 2.05) is 0 Å². The Morgan fingerprint density at radius 2 is 1.88 bits per heavy atom. The number of ether oxygens (including phenoxy) is 1. The van der Waals surface area contributed by atoms with Crippen LogP contribution in [0.5, 0.6) is 0 Å². The van der Waals surface area contributed by atoms with E-state index in [0.717, 1.165) is 37.4 Å². The fourth-order valence-corrected chi connectivity index (χ4v) is 6.40. The largest absolute Gasteiger partial charge is 0.463 e. The van der Waals surface area contributed by atoms with Gasteiger partial charge in [0.2, 0.25) is 21.8 Å². The minimum Gasteiger partial charge on any atom is -0.463 e. The van der Waals surface area contributed by atoms with Crippen LogP contribution in [0.2, 0.25) is 0 Å². The van der Waals surface area contributed by atoms with Gasteiger partial charge in [0.1, 0.15) is 6.54 Å². The molecule has 2 aliphatic rings. The van der Waals surface area contributed by atoms with E-state index in [0.29, 0.717) is 29.4 Å². The first-order valence-corrected chi connectivity index (χ1v) is 13.4. The molecular formula is C22H29N3O6S2. The van der Waals surface area contributed by atoms with Crippen molar-refractivity contribution in [1.29, 1.82) is 0 Å². The molecular weight excluding hydrogens is 466 g/mol. The summed E-state index contributed by atoms with van der Waals surface area (Å²) < 4.78 is 32.8. The second-order valence-electron chi connectivity index (χ2n) is 7.85. The number of sulfonamides is 1. The van der Waals surface area contributed by atoms with Crippen LogP contribution < -0.4 is 5.32 Å². The molecule has 0 radical (unpaired) electrons. The Hall–Kier alpha value is -2.37. The third-order valence-corrected chi connectivity index (χ3v) is 8.46. The van der Waals surface area contributed by atoms with E-state index in [1.54, 1.807) is 26.0 Å². The van der Waals surface area contributed by atoms with Crippen molar-refractivity contribution in [2.45, 2.75) is 44.4 Å². The average Bonchev–Trinajstić information content (AvgIpc) is 2.97. The number of rotatable bonds is 7. The number of hydrogen-bond acceptors (Lipinski definition) is 7. The lowest BCUT2D eigenvalue weighted by atomic mass is 10.2. The number of carbonyl (C=O) groups is 3. The summed E-state index contributed by atoms with van der Waals surface area (Å²) in [5.41, 5.74) is 0.928. The highest BCUT2D eigenvalue weighted by molar-refractivity contribution is 8.04. The van der Waals surface area contributed by atoms with E-state index >= 15 is 0 Å². The van der Waals surface area contributed by atoms with Crippen LogP contribution in [0.4, 0.5) is 5.69 Å². The summed E-state index contributed by atoms with van der Waals surface area (Å²) >= 11 is 1.16. The predicted molar refractivity (Wildman–Crippen MR) is 126 cm³/mol. The fraction of sp³-hybridized carbons (Fsp3) is 0.500. The van der Waals surface area contributed by atoms with E-state index in [2.05, 4.69) is 5.32 Å². The van der Waals surface area contributed by atoms with Crippen LogP contribution in [0.1, 0.15) is 38.2 Å². The Kier molecular flexibility index (Phi) is 8.55. The summed E-state index contributed by atoms with van der Waals surface area (Å²) in [6.45, 7) is 4.29. The first kappa shape index (κ1) is 25.3. The molecule has 0 unspecified atom stereocenters. The number of esters is 1. The van der Waals surface area contributed by atoms with Crippen molar-refractivity contribution >= 4 is 45.3 Å². The second kappa shape index (κ2) is 11.2. The zero-order valence-electron chi connectivity index (χ0n) is 18.8. The quantitative estimate of drug-likeness (QED) is 0.457. The standard InChI is InChI=1S/C22H29N3O6S2/c1-3-31-22(28)13-21-25(20(27)15-32-21)14-19(26)23-17-9-8-16(2)18(12-17)33(29,30)24-10-6-4-5-7-11-24/h8-9,12-13H,3-7,10-11,14-15H2,1-2H3,(H,23,26)/b21-13-. The zero-order chi connectivity index (χ0) is 24.0. The molecule has 0 aromatic heterocycles. The number of benzene rings is 1. The van der Waals surface area contributed by atoms with Crippen LogP contribution in [0.15, 0.2) is 34.2 Å². The molecule has 0 spiro atoms. The lowest BCUT2D eigenvalue weighted by Crippen LogP contribution is -2.34. The molecule has 1 aromatic rings. The van der Waals surface area contributed by atoms with Crippen molar-refractivity contribution < 1.29 is 27.5 Å². The van der Waals surface area contributed by atoms with Crippen molar-refractivity contribution in [3.8, 4) is 0 Å². The monoisotopic (exact) mass is 495 g/mol. The molecule has 33 heavy (non-hydrogen) atoms. The van der Waals surface area contributed by atoms with Gasteiger partial charge in [0.05, 0.1) is 28.4 Å². The van der Waals surface area contributed by atoms with Gasteiger partial charge in [-0.25, -0.2) is 13.2 Å². The summed E-state index contributed by atoms with van der Waals surface area (Å²) in [4.78, 5) is 38.0. The number of nitrogens with zero attached hydrogens (tertiary/aromatic N) is 2. The molecule has 2 heterocycles. The number of amides is 2. The number of aryl methyl sites for hydroxylation is 1. The summed E-state index contributed by atoms with van der Waals surface area (Å²) in [6.07, 6.45) is 4.89. The number of nitrogens with one attached hydrogen (secondary N) is 1. The van der Waals surface area contributed by atoms with Gasteiger partial charge in [-0.05, 0) is 44.4 Å². The van der Waals surface area contributed by atoms with Gasteiger partial charge in [-0.15, -0.1) is 0 Å². The van der Waals surface area contributed by atoms with Gasteiger partial charge in [0.15, 0.2) is 0 Å². The van der Waals surface area contributed by atoms with Gasteiger partial charge in [0, 0.05) is 18.8 Å². The molecule has 1 aromatic carbocycles. The smallest absolute Gasteiger partial charge is 0.333 e.